The van der Waals surface area contributed by atoms with Gasteiger partial charge in [-0.05, 0) is 30.7 Å². The zero-order valence-electron chi connectivity index (χ0n) is 10.7. The Morgan fingerprint density at radius 3 is 2.50 bits per heavy atom. The number of hydrogen-bond acceptors (Lipinski definition) is 3. The smallest absolute Gasteiger partial charge is 0.235 e. The minimum atomic E-state index is -0.752. The van der Waals surface area contributed by atoms with E-state index in [2.05, 4.69) is 21.2 Å². The lowest BCUT2D eigenvalue weighted by molar-refractivity contribution is -0.142. The summed E-state index contributed by atoms with van der Waals surface area (Å²) in [6.45, 7) is 0.340. The summed E-state index contributed by atoms with van der Waals surface area (Å²) in [7, 11) is 0. The van der Waals surface area contributed by atoms with Crippen LogP contribution in [0.2, 0.25) is 0 Å². The number of benzene rings is 1. The molecule has 1 aromatic rings. The Morgan fingerprint density at radius 2 is 1.85 bits per heavy atom. The topological polar surface area (TPSA) is 66.5 Å². The summed E-state index contributed by atoms with van der Waals surface area (Å²) in [5.41, 5.74) is 0.0257. The number of amides is 3. The molecule has 0 aromatic heterocycles. The summed E-state index contributed by atoms with van der Waals surface area (Å²) in [6.07, 6.45) is 0.909. The summed E-state index contributed by atoms with van der Waals surface area (Å²) in [4.78, 5) is 37.2. The van der Waals surface area contributed by atoms with E-state index in [-0.39, 0.29) is 24.1 Å². The van der Waals surface area contributed by atoms with E-state index in [1.54, 1.807) is 4.90 Å². The molecule has 3 rings (SSSR count). The molecule has 0 saturated carbocycles. The first-order valence-electron chi connectivity index (χ1n) is 6.40. The number of nitrogens with one attached hydrogen (secondary N) is 1. The molecule has 2 saturated heterocycles. The number of rotatable bonds is 1. The van der Waals surface area contributed by atoms with Crippen LogP contribution in [0.5, 0.6) is 0 Å². The van der Waals surface area contributed by atoms with Crippen LogP contribution in [0.3, 0.4) is 0 Å². The molecular weight excluding hydrogens is 324 g/mol. The van der Waals surface area contributed by atoms with E-state index < -0.39 is 5.41 Å². The average Bonchev–Trinajstić information content (AvgIpc) is 2.74. The normalized spacial score (nSPS) is 26.2. The van der Waals surface area contributed by atoms with Crippen molar-refractivity contribution in [3.63, 3.8) is 0 Å². The van der Waals surface area contributed by atoms with E-state index in [1.165, 1.54) is 0 Å². The second-order valence-corrected chi connectivity index (χ2v) is 6.21. The van der Waals surface area contributed by atoms with Crippen LogP contribution in [0.15, 0.2) is 28.7 Å². The van der Waals surface area contributed by atoms with Gasteiger partial charge in [0.05, 0.1) is 5.41 Å². The highest BCUT2D eigenvalue weighted by Gasteiger charge is 2.51. The van der Waals surface area contributed by atoms with Crippen LogP contribution in [-0.2, 0) is 14.4 Å². The van der Waals surface area contributed by atoms with Crippen molar-refractivity contribution in [1.29, 1.82) is 0 Å². The molecule has 1 N–H and O–H groups in total. The largest absolute Gasteiger partial charge is 0.311 e. The van der Waals surface area contributed by atoms with E-state index in [1.807, 2.05) is 24.3 Å². The van der Waals surface area contributed by atoms with E-state index in [9.17, 15) is 14.4 Å². The summed E-state index contributed by atoms with van der Waals surface area (Å²) in [5, 5.41) is 2.35. The minimum absolute atomic E-state index is 0.0724. The average molecular weight is 337 g/mol. The summed E-state index contributed by atoms with van der Waals surface area (Å²) < 4.78 is 0.934. The molecule has 6 heteroatoms. The third-order valence-corrected chi connectivity index (χ3v) is 4.48. The zero-order chi connectivity index (χ0) is 14.3. The maximum atomic E-state index is 12.2. The number of imide groups is 1. The van der Waals surface area contributed by atoms with E-state index >= 15 is 0 Å². The van der Waals surface area contributed by atoms with Gasteiger partial charge in [0.1, 0.15) is 0 Å². The molecule has 1 atom stereocenters. The maximum absolute atomic E-state index is 12.2. The van der Waals surface area contributed by atoms with Crippen molar-refractivity contribution in [2.75, 3.05) is 11.4 Å². The van der Waals surface area contributed by atoms with Gasteiger partial charge in [0.2, 0.25) is 17.7 Å². The Hall–Kier alpha value is -1.69. The standard InChI is InChI=1S/C14H13BrN2O3/c15-9-1-3-10(4-2-9)17-8-14(7-12(17)19)6-5-11(18)16-13(14)20/h1-4H,5-8H2,(H,16,18,20). The van der Waals surface area contributed by atoms with Crippen molar-refractivity contribution < 1.29 is 14.4 Å². The molecule has 2 fully saturated rings. The second-order valence-electron chi connectivity index (χ2n) is 5.29. The van der Waals surface area contributed by atoms with Crippen molar-refractivity contribution in [1.82, 2.24) is 5.32 Å². The molecule has 104 valence electrons. The molecule has 2 aliphatic rings. The lowest BCUT2D eigenvalue weighted by Crippen LogP contribution is -2.50. The second kappa shape index (κ2) is 4.70. The van der Waals surface area contributed by atoms with Crippen LogP contribution in [0.4, 0.5) is 5.69 Å². The summed E-state index contributed by atoms with van der Waals surface area (Å²) in [5.74, 6) is -0.645. The molecule has 1 spiro atoms. The van der Waals surface area contributed by atoms with Gasteiger partial charge in [-0.25, -0.2) is 0 Å². The third kappa shape index (κ3) is 2.14. The molecule has 0 aliphatic carbocycles. The number of anilines is 1. The molecule has 2 heterocycles. The van der Waals surface area contributed by atoms with Gasteiger partial charge in [-0.2, -0.15) is 0 Å². The fourth-order valence-corrected chi connectivity index (χ4v) is 3.06. The van der Waals surface area contributed by atoms with Gasteiger partial charge in [0, 0.05) is 29.5 Å². The van der Waals surface area contributed by atoms with Gasteiger partial charge in [-0.3, -0.25) is 19.7 Å². The van der Waals surface area contributed by atoms with Crippen LogP contribution >= 0.6 is 15.9 Å². The number of hydrogen-bond donors (Lipinski definition) is 1. The Kier molecular flexibility index (Phi) is 3.12. The quantitative estimate of drug-likeness (QED) is 0.792. The Bertz CT molecular complexity index is 599. The van der Waals surface area contributed by atoms with Gasteiger partial charge in [0.25, 0.3) is 0 Å². The van der Waals surface area contributed by atoms with E-state index in [0.717, 1.165) is 10.2 Å². The first-order chi connectivity index (χ1) is 9.50. The SMILES string of the molecule is O=C1CCC2(CC(=O)N(c3ccc(Br)cc3)C2)C(=O)N1. The van der Waals surface area contributed by atoms with Crippen LogP contribution in [-0.4, -0.2) is 24.3 Å². The molecule has 2 aliphatic heterocycles. The Balaban J connectivity index is 1.87. The lowest BCUT2D eigenvalue weighted by atomic mass is 9.79. The maximum Gasteiger partial charge on any atom is 0.235 e. The molecule has 1 unspecified atom stereocenters. The fraction of sp³-hybridized carbons (Fsp3) is 0.357. The number of nitrogens with zero attached hydrogens (tertiary/aromatic N) is 1. The molecule has 0 bridgehead atoms. The number of piperidine rings is 1. The highest BCUT2D eigenvalue weighted by atomic mass is 79.9. The molecule has 0 radical (unpaired) electrons. The van der Waals surface area contributed by atoms with Crippen molar-refractivity contribution >= 4 is 39.3 Å². The highest BCUT2D eigenvalue weighted by molar-refractivity contribution is 9.10. The molecule has 3 amide bonds. The molecule has 1 aromatic carbocycles. The number of carbonyl (C=O) groups excluding carboxylic acids is 3. The van der Waals surface area contributed by atoms with Gasteiger partial charge < -0.3 is 4.90 Å². The first kappa shape index (κ1) is 13.3. The number of halogens is 1. The number of carbonyl (C=O) groups is 3. The zero-order valence-corrected chi connectivity index (χ0v) is 12.3. The lowest BCUT2D eigenvalue weighted by Gasteiger charge is -2.30. The van der Waals surface area contributed by atoms with Crippen LogP contribution < -0.4 is 10.2 Å². The predicted octanol–water partition coefficient (Wildman–Crippen LogP) is 1.61. The van der Waals surface area contributed by atoms with Gasteiger partial charge >= 0.3 is 0 Å². The molecule has 20 heavy (non-hydrogen) atoms. The first-order valence-corrected chi connectivity index (χ1v) is 7.20. The Labute approximate surface area is 124 Å². The van der Waals surface area contributed by atoms with Crippen molar-refractivity contribution in [2.24, 2.45) is 5.41 Å². The monoisotopic (exact) mass is 336 g/mol. The van der Waals surface area contributed by atoms with E-state index in [0.29, 0.717) is 19.4 Å². The summed E-state index contributed by atoms with van der Waals surface area (Å²) >= 11 is 3.35. The van der Waals surface area contributed by atoms with Crippen molar-refractivity contribution in [2.45, 2.75) is 19.3 Å². The van der Waals surface area contributed by atoms with Gasteiger partial charge in [-0.15, -0.1) is 0 Å². The highest BCUT2D eigenvalue weighted by Crippen LogP contribution is 2.40. The molecular formula is C14H13BrN2O3. The van der Waals surface area contributed by atoms with Crippen LogP contribution in [0.1, 0.15) is 19.3 Å². The predicted molar refractivity (Wildman–Crippen MR) is 75.9 cm³/mol. The molecule has 5 nitrogen and oxygen atoms in total. The van der Waals surface area contributed by atoms with Gasteiger partial charge in [-0.1, -0.05) is 15.9 Å². The van der Waals surface area contributed by atoms with Crippen LogP contribution in [0, 0.1) is 5.41 Å². The minimum Gasteiger partial charge on any atom is -0.311 e. The van der Waals surface area contributed by atoms with Crippen molar-refractivity contribution in [3.8, 4) is 0 Å². The van der Waals surface area contributed by atoms with Gasteiger partial charge in [0.15, 0.2) is 0 Å². The summed E-state index contributed by atoms with van der Waals surface area (Å²) in [6, 6.07) is 7.40. The van der Waals surface area contributed by atoms with Crippen molar-refractivity contribution in [3.05, 3.63) is 28.7 Å². The Morgan fingerprint density at radius 1 is 1.15 bits per heavy atom. The third-order valence-electron chi connectivity index (χ3n) is 3.95. The van der Waals surface area contributed by atoms with E-state index in [4.69, 9.17) is 0 Å². The van der Waals surface area contributed by atoms with Crippen LogP contribution in [0.25, 0.3) is 0 Å². The fourth-order valence-electron chi connectivity index (χ4n) is 2.80.